The second-order valence-corrected chi connectivity index (χ2v) is 19.2. The molecule has 2 N–H and O–H groups in total. The standard InChI is InChI=1S/C32H38O2P2/c1-23-5-13-27(14-6-23)35(28-15-7-24(2)8-16-28)21-32(34)36(22-31(35)33,29-17-9-25(3)10-18-29)30-19-11-26(4)12-20-30/h5-20,31-36H,21-22H2,1-4H3. The van der Waals surface area contributed by atoms with Crippen molar-refractivity contribution in [2.24, 2.45) is 0 Å². The molecule has 4 heteroatoms. The quantitative estimate of drug-likeness (QED) is 0.387. The van der Waals surface area contributed by atoms with E-state index >= 15 is 0 Å². The first kappa shape index (κ1) is 25.3. The van der Waals surface area contributed by atoms with Crippen LogP contribution in [0.1, 0.15) is 22.3 Å². The fourth-order valence-corrected chi connectivity index (χ4v) is 18.9. The average Bonchev–Trinajstić information content (AvgIpc) is 2.87. The number of aliphatic hydroxyl groups excluding tert-OH is 2. The monoisotopic (exact) mass is 516 g/mol. The van der Waals surface area contributed by atoms with E-state index in [0.717, 1.165) is 0 Å². The molecule has 1 aliphatic heterocycles. The number of hydrogen-bond donors (Lipinski definition) is 2. The molecule has 0 spiro atoms. The fourth-order valence-electron chi connectivity index (χ4n) is 6.21. The summed E-state index contributed by atoms with van der Waals surface area (Å²) in [5.41, 5.74) is 4.84. The molecule has 1 saturated heterocycles. The van der Waals surface area contributed by atoms with Crippen LogP contribution in [0.15, 0.2) is 97.1 Å². The second kappa shape index (κ2) is 9.85. The van der Waals surface area contributed by atoms with Crippen molar-refractivity contribution in [3.8, 4) is 0 Å². The summed E-state index contributed by atoms with van der Waals surface area (Å²) in [7, 11) is -5.37. The van der Waals surface area contributed by atoms with Crippen molar-refractivity contribution in [3.63, 3.8) is 0 Å². The molecule has 4 aromatic carbocycles. The van der Waals surface area contributed by atoms with Crippen molar-refractivity contribution in [1.82, 2.24) is 0 Å². The van der Waals surface area contributed by atoms with Gasteiger partial charge in [0.2, 0.25) is 0 Å². The minimum absolute atomic E-state index is 0.499. The molecule has 5 rings (SSSR count). The zero-order valence-electron chi connectivity index (χ0n) is 21.7. The number of benzene rings is 4. The summed E-state index contributed by atoms with van der Waals surface area (Å²) in [6.07, 6.45) is 1.24. The Bertz CT molecular complexity index is 1130. The maximum absolute atomic E-state index is 12.3. The molecule has 0 saturated carbocycles. The molecule has 36 heavy (non-hydrogen) atoms. The van der Waals surface area contributed by atoms with Gasteiger partial charge in [-0.15, -0.1) is 0 Å². The van der Waals surface area contributed by atoms with E-state index in [0.29, 0.717) is 12.3 Å². The molecule has 2 unspecified atom stereocenters. The van der Waals surface area contributed by atoms with E-state index in [2.05, 4.69) is 125 Å². The number of aryl methyl sites for hydroxylation is 4. The second-order valence-electron chi connectivity index (χ2n) is 10.8. The van der Waals surface area contributed by atoms with E-state index in [-0.39, 0.29) is 0 Å². The Morgan fingerprint density at radius 1 is 0.417 bits per heavy atom. The van der Waals surface area contributed by atoms with Gasteiger partial charge in [0.25, 0.3) is 0 Å². The Morgan fingerprint density at radius 3 is 0.806 bits per heavy atom. The molecule has 0 amide bonds. The summed E-state index contributed by atoms with van der Waals surface area (Å²) in [6, 6.07) is 34.8. The van der Waals surface area contributed by atoms with Crippen LogP contribution in [0, 0.1) is 27.7 Å². The summed E-state index contributed by atoms with van der Waals surface area (Å²) < 4.78 is 0. The summed E-state index contributed by atoms with van der Waals surface area (Å²) in [5.74, 6) is -0.999. The van der Waals surface area contributed by atoms with Gasteiger partial charge < -0.3 is 0 Å². The van der Waals surface area contributed by atoms with Gasteiger partial charge in [-0.2, -0.15) is 0 Å². The van der Waals surface area contributed by atoms with Gasteiger partial charge in [-0.25, -0.2) is 0 Å². The molecule has 0 aliphatic carbocycles. The number of rotatable bonds is 4. The van der Waals surface area contributed by atoms with Crippen LogP contribution in [0.25, 0.3) is 0 Å². The molecule has 1 heterocycles. The Morgan fingerprint density at radius 2 is 0.611 bits per heavy atom. The van der Waals surface area contributed by atoms with Crippen LogP contribution in [-0.4, -0.2) is 34.2 Å². The van der Waals surface area contributed by atoms with E-state index in [1.54, 1.807) is 0 Å². The first-order valence-electron chi connectivity index (χ1n) is 12.9. The van der Waals surface area contributed by atoms with Crippen molar-refractivity contribution < 1.29 is 10.2 Å². The molecule has 4 aromatic rings. The van der Waals surface area contributed by atoms with Crippen LogP contribution in [0.4, 0.5) is 0 Å². The summed E-state index contributed by atoms with van der Waals surface area (Å²) in [6.45, 7) is 8.40. The van der Waals surface area contributed by atoms with Crippen LogP contribution in [0.2, 0.25) is 0 Å². The molecule has 2 atom stereocenters. The van der Waals surface area contributed by atoms with Crippen LogP contribution in [0.3, 0.4) is 0 Å². The van der Waals surface area contributed by atoms with Crippen molar-refractivity contribution in [3.05, 3.63) is 119 Å². The van der Waals surface area contributed by atoms with E-state index in [1.165, 1.54) is 43.5 Å². The Labute approximate surface area is 216 Å². The van der Waals surface area contributed by atoms with Crippen molar-refractivity contribution in [2.45, 2.75) is 39.4 Å². The van der Waals surface area contributed by atoms with Crippen molar-refractivity contribution in [2.75, 3.05) is 12.3 Å². The molecular weight excluding hydrogens is 478 g/mol. The number of hydrogen-bond acceptors (Lipinski definition) is 2. The van der Waals surface area contributed by atoms with E-state index in [9.17, 15) is 10.2 Å². The van der Waals surface area contributed by atoms with Gasteiger partial charge >= 0.3 is 217 Å². The Kier molecular flexibility index (Phi) is 6.92. The Hall–Kier alpha value is -2.34. The normalized spacial score (nSPS) is 22.5. The zero-order chi connectivity index (χ0) is 25.5. The molecule has 0 radical (unpaired) electrons. The van der Waals surface area contributed by atoms with E-state index in [1.807, 2.05) is 0 Å². The molecule has 2 nitrogen and oxygen atoms in total. The van der Waals surface area contributed by atoms with Crippen LogP contribution < -0.4 is 21.2 Å². The van der Waals surface area contributed by atoms with Crippen LogP contribution >= 0.6 is 14.5 Å². The Balaban J connectivity index is 1.71. The van der Waals surface area contributed by atoms with Gasteiger partial charge in [0.1, 0.15) is 0 Å². The topological polar surface area (TPSA) is 40.5 Å². The minimum atomic E-state index is -2.68. The van der Waals surface area contributed by atoms with Gasteiger partial charge in [-0.05, 0) is 0 Å². The van der Waals surface area contributed by atoms with Crippen molar-refractivity contribution in [1.29, 1.82) is 0 Å². The fraction of sp³-hybridized carbons (Fsp3) is 0.250. The first-order valence-corrected chi connectivity index (χ1v) is 17.5. The first-order chi connectivity index (χ1) is 17.3. The third-order valence-corrected chi connectivity index (χ3v) is 19.5. The zero-order valence-corrected chi connectivity index (χ0v) is 23.7. The predicted molar refractivity (Wildman–Crippen MR) is 162 cm³/mol. The number of aliphatic hydroxyl groups is 2. The van der Waals surface area contributed by atoms with Gasteiger partial charge in [0.05, 0.1) is 0 Å². The molecule has 0 bridgehead atoms. The molecule has 1 aliphatic rings. The molecule has 1 fully saturated rings. The summed E-state index contributed by atoms with van der Waals surface area (Å²) >= 11 is 0. The molecule has 0 aromatic heterocycles. The molecular formula is C32H38O2P2. The van der Waals surface area contributed by atoms with Gasteiger partial charge in [-0.3, -0.25) is 0 Å². The predicted octanol–water partition coefficient (Wildman–Crippen LogP) is 4.67. The average molecular weight is 517 g/mol. The summed E-state index contributed by atoms with van der Waals surface area (Å²) in [5, 5.41) is 29.5. The van der Waals surface area contributed by atoms with Crippen LogP contribution in [0.5, 0.6) is 0 Å². The third-order valence-electron chi connectivity index (χ3n) is 8.44. The van der Waals surface area contributed by atoms with Gasteiger partial charge in [0, 0.05) is 0 Å². The van der Waals surface area contributed by atoms with Crippen molar-refractivity contribution >= 4 is 35.7 Å². The molecule has 188 valence electrons. The third kappa shape index (κ3) is 4.25. The van der Waals surface area contributed by atoms with Gasteiger partial charge in [0.15, 0.2) is 0 Å². The van der Waals surface area contributed by atoms with E-state index < -0.39 is 26.2 Å². The van der Waals surface area contributed by atoms with Gasteiger partial charge in [-0.1, -0.05) is 0 Å². The van der Waals surface area contributed by atoms with Crippen LogP contribution in [-0.2, 0) is 0 Å². The SMILES string of the molecule is Cc1ccc([PH]2(c3ccc(C)cc3)CC(O)[PH](c3ccc(C)cc3)(c3ccc(C)cc3)CC2O)cc1. The summed E-state index contributed by atoms with van der Waals surface area (Å²) in [4.78, 5) is 0. The maximum atomic E-state index is 12.3. The van der Waals surface area contributed by atoms with E-state index in [4.69, 9.17) is 0 Å².